The van der Waals surface area contributed by atoms with Gasteiger partial charge in [-0.05, 0) is 36.2 Å². The Morgan fingerprint density at radius 3 is 2.42 bits per heavy atom. The predicted molar refractivity (Wildman–Crippen MR) is 149 cm³/mol. The van der Waals surface area contributed by atoms with E-state index in [0.29, 0.717) is 24.5 Å². The number of hydrogen-bond acceptors (Lipinski definition) is 8. The van der Waals surface area contributed by atoms with Crippen LogP contribution in [0.4, 0.5) is 13.2 Å². The van der Waals surface area contributed by atoms with Gasteiger partial charge in [-0.25, -0.2) is 4.79 Å². The fraction of sp³-hybridized carbons (Fsp3) is 0.500. The highest BCUT2D eigenvalue weighted by molar-refractivity contribution is 6.32. The zero-order valence-electron chi connectivity index (χ0n) is 22.8. The molecule has 4 N–H and O–H groups in total. The van der Waals surface area contributed by atoms with Crippen molar-refractivity contribution in [1.82, 2.24) is 9.80 Å². The Labute approximate surface area is 255 Å². The summed E-state index contributed by atoms with van der Waals surface area (Å²) in [4.78, 5) is 25.6. The molecule has 2 saturated heterocycles. The van der Waals surface area contributed by atoms with E-state index in [4.69, 9.17) is 42.6 Å². The summed E-state index contributed by atoms with van der Waals surface area (Å²) in [6, 6.07) is 8.40. The lowest BCUT2D eigenvalue weighted by Gasteiger charge is -2.39. The molecule has 3 aliphatic heterocycles. The molecule has 236 valence electrons. The number of β-amino-alcohol motifs (C(OH)–C–C–N with tert-alkyl or cyclic N) is 2. The Bertz CT molecular complexity index is 1340. The van der Waals surface area contributed by atoms with Gasteiger partial charge in [0.05, 0.1) is 16.7 Å². The van der Waals surface area contributed by atoms with Gasteiger partial charge in [0.25, 0.3) is 5.91 Å². The molecule has 1 amide bonds. The molecule has 1 spiro atoms. The number of benzene rings is 2. The van der Waals surface area contributed by atoms with Crippen LogP contribution in [0.25, 0.3) is 0 Å². The Hall–Kier alpha value is -2.97. The number of aliphatic carboxylic acids is 1. The van der Waals surface area contributed by atoms with E-state index < -0.39 is 24.4 Å². The number of aliphatic hydroxyl groups excluding tert-OH is 2. The normalized spacial score (nSPS) is 20.2. The van der Waals surface area contributed by atoms with Gasteiger partial charge in [-0.3, -0.25) is 4.79 Å². The van der Waals surface area contributed by atoms with Crippen molar-refractivity contribution in [1.29, 1.82) is 0 Å². The van der Waals surface area contributed by atoms with Crippen molar-refractivity contribution in [2.75, 3.05) is 39.3 Å². The summed E-state index contributed by atoms with van der Waals surface area (Å²) in [5, 5.41) is 38.4. The average molecular weight is 651 g/mol. The van der Waals surface area contributed by atoms with Crippen LogP contribution < -0.4 is 9.47 Å². The number of hydrogen-bond donors (Lipinski definition) is 4. The van der Waals surface area contributed by atoms with Gasteiger partial charge in [0.15, 0.2) is 0 Å². The minimum absolute atomic E-state index is 0.0341. The second-order valence-corrected chi connectivity index (χ2v) is 11.6. The maximum Gasteiger partial charge on any atom is 0.490 e. The standard InChI is InChI=1S/C26H30Cl2N2O6.C2HF3O2/c27-17-1-2-23-16(9-17)12-26(36-23)4-7-29(8-5-26)13-19(32)15-35-24-11-22(33)21(28)10-20(24)25(34)30-6-3-18(31)14-30;3-2(4,5)1(6)7/h1-2,9-11,18-19,31-33H,3-8,12-15H2;(H,6,7)/t18-,19-;/m0./s1. The third kappa shape index (κ3) is 8.36. The Morgan fingerprint density at radius 2 is 1.81 bits per heavy atom. The van der Waals surface area contributed by atoms with Crippen LogP contribution in [0.2, 0.25) is 10.0 Å². The summed E-state index contributed by atoms with van der Waals surface area (Å²) in [5.41, 5.74) is 1.12. The van der Waals surface area contributed by atoms with Crippen LogP contribution >= 0.6 is 23.2 Å². The molecule has 0 aliphatic carbocycles. The molecule has 2 aromatic rings. The third-order valence-electron chi connectivity index (χ3n) is 7.50. The number of carbonyl (C=O) groups is 2. The predicted octanol–water partition coefficient (Wildman–Crippen LogP) is 3.75. The average Bonchev–Trinajstić information content (AvgIpc) is 3.52. The number of aliphatic hydroxyl groups is 2. The largest absolute Gasteiger partial charge is 0.506 e. The van der Waals surface area contributed by atoms with Crippen molar-refractivity contribution in [2.24, 2.45) is 0 Å². The zero-order valence-corrected chi connectivity index (χ0v) is 24.3. The second-order valence-electron chi connectivity index (χ2n) is 10.8. The molecule has 43 heavy (non-hydrogen) atoms. The number of carboxylic acids is 1. The third-order valence-corrected chi connectivity index (χ3v) is 8.04. The molecule has 10 nitrogen and oxygen atoms in total. The van der Waals surface area contributed by atoms with Crippen molar-refractivity contribution in [3.63, 3.8) is 0 Å². The van der Waals surface area contributed by atoms with Crippen LogP contribution in [0.15, 0.2) is 30.3 Å². The number of phenolic OH excluding ortho intramolecular Hbond substituents is 1. The van der Waals surface area contributed by atoms with Crippen LogP contribution in [0.1, 0.15) is 35.2 Å². The van der Waals surface area contributed by atoms with Crippen LogP contribution in [0.5, 0.6) is 17.2 Å². The summed E-state index contributed by atoms with van der Waals surface area (Å²) in [6.07, 6.45) is -3.40. The van der Waals surface area contributed by atoms with Crippen molar-refractivity contribution in [3.05, 3.63) is 51.5 Å². The number of alkyl halides is 3. The van der Waals surface area contributed by atoms with E-state index in [1.165, 1.54) is 17.0 Å². The lowest BCUT2D eigenvalue weighted by Crippen LogP contribution is -2.49. The molecule has 0 radical (unpaired) electrons. The molecule has 0 bridgehead atoms. The number of halogens is 5. The van der Waals surface area contributed by atoms with Crippen molar-refractivity contribution in [2.45, 2.75) is 49.7 Å². The number of nitrogens with zero attached hydrogens (tertiary/aromatic N) is 2. The molecule has 15 heteroatoms. The number of carbonyl (C=O) groups excluding carboxylic acids is 1. The van der Waals surface area contributed by atoms with Gasteiger partial charge < -0.3 is 39.7 Å². The molecule has 0 aromatic heterocycles. The van der Waals surface area contributed by atoms with E-state index in [1.54, 1.807) is 0 Å². The highest BCUT2D eigenvalue weighted by Crippen LogP contribution is 2.42. The van der Waals surface area contributed by atoms with E-state index in [0.717, 1.165) is 43.7 Å². The lowest BCUT2D eigenvalue weighted by molar-refractivity contribution is -0.192. The topological polar surface area (TPSA) is 140 Å². The van der Waals surface area contributed by atoms with Gasteiger partial charge in [0.2, 0.25) is 0 Å². The van der Waals surface area contributed by atoms with E-state index >= 15 is 0 Å². The summed E-state index contributed by atoms with van der Waals surface area (Å²) in [7, 11) is 0. The number of aromatic hydroxyl groups is 1. The van der Waals surface area contributed by atoms with E-state index in [2.05, 4.69) is 4.90 Å². The zero-order chi connectivity index (χ0) is 31.5. The molecule has 5 rings (SSSR count). The van der Waals surface area contributed by atoms with Crippen LogP contribution in [0.3, 0.4) is 0 Å². The van der Waals surface area contributed by atoms with Gasteiger partial charge in [-0.1, -0.05) is 23.2 Å². The smallest absolute Gasteiger partial charge is 0.490 e. The second kappa shape index (κ2) is 13.3. The Kier molecular flexibility index (Phi) is 10.2. The van der Waals surface area contributed by atoms with Gasteiger partial charge in [0, 0.05) is 63.1 Å². The van der Waals surface area contributed by atoms with Crippen molar-refractivity contribution >= 4 is 35.1 Å². The SMILES string of the molecule is O=C(O)C(F)(F)F.O=C(c1cc(Cl)c(O)cc1OC[C@@H](O)CN1CCC2(CC1)Cc1cc(Cl)ccc1O2)N1CC[C@H](O)C1. The number of ether oxygens (including phenoxy) is 2. The maximum absolute atomic E-state index is 13.0. The molecule has 2 aromatic carbocycles. The van der Waals surface area contributed by atoms with Gasteiger partial charge in [-0.15, -0.1) is 0 Å². The summed E-state index contributed by atoms with van der Waals surface area (Å²) < 4.78 is 43.8. The molecule has 0 saturated carbocycles. The molecule has 2 atom stereocenters. The molecular weight excluding hydrogens is 620 g/mol. The van der Waals surface area contributed by atoms with Crippen molar-refractivity contribution in [3.8, 4) is 17.2 Å². The van der Waals surface area contributed by atoms with Gasteiger partial charge in [-0.2, -0.15) is 13.2 Å². The summed E-state index contributed by atoms with van der Waals surface area (Å²) >= 11 is 12.2. The number of fused-ring (bicyclic) bond motifs is 1. The number of rotatable bonds is 6. The first-order valence-corrected chi connectivity index (χ1v) is 14.2. The summed E-state index contributed by atoms with van der Waals surface area (Å²) in [5.74, 6) is -2.25. The van der Waals surface area contributed by atoms with E-state index in [9.17, 15) is 33.3 Å². The van der Waals surface area contributed by atoms with E-state index in [-0.39, 0.29) is 46.7 Å². The molecule has 2 fully saturated rings. The highest BCUT2D eigenvalue weighted by Gasteiger charge is 2.42. The van der Waals surface area contributed by atoms with Crippen molar-refractivity contribution < 1.29 is 52.7 Å². The number of carboxylic acid groups (broad SMARTS) is 1. The van der Waals surface area contributed by atoms with Crippen LogP contribution in [-0.4, -0.2) is 105 Å². The number of likely N-dealkylation sites (tertiary alicyclic amines) is 2. The molecule has 3 heterocycles. The maximum atomic E-state index is 13.0. The number of phenols is 1. The number of amides is 1. The molecule has 3 aliphatic rings. The van der Waals surface area contributed by atoms with Crippen LogP contribution in [0, 0.1) is 0 Å². The number of piperidine rings is 1. The van der Waals surface area contributed by atoms with Crippen LogP contribution in [-0.2, 0) is 11.2 Å². The minimum Gasteiger partial charge on any atom is -0.506 e. The van der Waals surface area contributed by atoms with Gasteiger partial charge >= 0.3 is 12.1 Å². The van der Waals surface area contributed by atoms with E-state index in [1.807, 2.05) is 18.2 Å². The van der Waals surface area contributed by atoms with Gasteiger partial charge in [0.1, 0.15) is 35.6 Å². The Morgan fingerprint density at radius 1 is 1.14 bits per heavy atom. The molecular formula is C28H31Cl2F3N2O8. The Balaban J connectivity index is 0.000000541. The fourth-order valence-electron chi connectivity index (χ4n) is 5.29. The summed E-state index contributed by atoms with van der Waals surface area (Å²) in [6.45, 7) is 2.59. The molecule has 0 unspecified atom stereocenters. The first kappa shape index (κ1) is 32.9. The monoisotopic (exact) mass is 650 g/mol. The quantitative estimate of drug-likeness (QED) is 0.368. The fourth-order valence-corrected chi connectivity index (χ4v) is 5.65. The first-order valence-electron chi connectivity index (χ1n) is 13.5. The highest BCUT2D eigenvalue weighted by atomic mass is 35.5. The minimum atomic E-state index is -5.08. The lowest BCUT2D eigenvalue weighted by atomic mass is 9.87. The first-order chi connectivity index (χ1) is 20.2.